The molecule has 0 saturated carbocycles. The molecular formula is C30H27ClN4O3. The van der Waals surface area contributed by atoms with Gasteiger partial charge in [-0.25, -0.2) is 0 Å². The SMILES string of the molecule is O=NC1CCc2cc(-c3cc(C(=O)N4CCN(Cc5ccc(Cl)cc5)CC4)oc3-c3ccncc3)ccc21. The molecule has 1 aliphatic heterocycles. The Kier molecular flexibility index (Phi) is 6.79. The molecule has 4 aromatic rings. The number of amides is 1. The summed E-state index contributed by atoms with van der Waals surface area (Å²) in [5, 5.41) is 4.00. The number of nitrogens with zero attached hydrogens (tertiary/aromatic N) is 4. The molecule has 1 fully saturated rings. The highest BCUT2D eigenvalue weighted by Crippen LogP contribution is 2.40. The average Bonchev–Trinajstić information content (AvgIpc) is 3.59. The molecule has 3 heterocycles. The van der Waals surface area contributed by atoms with Gasteiger partial charge in [-0.15, -0.1) is 0 Å². The number of pyridine rings is 1. The summed E-state index contributed by atoms with van der Waals surface area (Å²) < 4.78 is 6.25. The van der Waals surface area contributed by atoms with Crippen LogP contribution in [0.5, 0.6) is 0 Å². The van der Waals surface area contributed by atoms with Gasteiger partial charge in [-0.3, -0.25) is 14.7 Å². The van der Waals surface area contributed by atoms with Gasteiger partial charge in [-0.2, -0.15) is 4.91 Å². The fraction of sp³-hybridized carbons (Fsp3) is 0.267. The minimum atomic E-state index is -0.279. The molecule has 2 aromatic carbocycles. The van der Waals surface area contributed by atoms with Crippen molar-refractivity contribution in [1.82, 2.24) is 14.8 Å². The molecule has 1 unspecified atom stereocenters. The lowest BCUT2D eigenvalue weighted by molar-refractivity contribution is 0.0598. The quantitative estimate of drug-likeness (QED) is 0.273. The Hall–Kier alpha value is -3.81. The van der Waals surface area contributed by atoms with Crippen LogP contribution in [0.3, 0.4) is 0 Å². The van der Waals surface area contributed by atoms with E-state index in [0.29, 0.717) is 24.6 Å². The van der Waals surface area contributed by atoms with Crippen LogP contribution in [0.2, 0.25) is 5.02 Å². The lowest BCUT2D eigenvalue weighted by atomic mass is 9.98. The molecule has 1 aliphatic carbocycles. The van der Waals surface area contributed by atoms with Crippen LogP contribution in [0.25, 0.3) is 22.5 Å². The monoisotopic (exact) mass is 526 g/mol. The topological polar surface area (TPSA) is 79.0 Å². The first-order valence-corrected chi connectivity index (χ1v) is 13.2. The van der Waals surface area contributed by atoms with E-state index in [2.05, 4.69) is 21.1 Å². The van der Waals surface area contributed by atoms with Gasteiger partial charge < -0.3 is 9.32 Å². The third-order valence-electron chi connectivity index (χ3n) is 7.49. The number of hydrogen-bond acceptors (Lipinski definition) is 6. The normalized spacial score (nSPS) is 17.4. The Morgan fingerprint density at radius 1 is 0.974 bits per heavy atom. The lowest BCUT2D eigenvalue weighted by Gasteiger charge is -2.34. The van der Waals surface area contributed by atoms with Gasteiger partial charge in [0.25, 0.3) is 5.91 Å². The van der Waals surface area contributed by atoms with E-state index in [4.69, 9.17) is 16.0 Å². The zero-order chi connectivity index (χ0) is 26.1. The number of fused-ring (bicyclic) bond motifs is 1. The highest BCUT2D eigenvalue weighted by Gasteiger charge is 2.28. The number of nitroso groups, excluding NO2 is 1. The molecule has 0 radical (unpaired) electrons. The van der Waals surface area contributed by atoms with Gasteiger partial charge in [0, 0.05) is 61.3 Å². The predicted molar refractivity (Wildman–Crippen MR) is 147 cm³/mol. The number of aryl methyl sites for hydroxylation is 1. The molecule has 2 aromatic heterocycles. The van der Waals surface area contributed by atoms with Crippen molar-refractivity contribution in [3.8, 4) is 22.5 Å². The van der Waals surface area contributed by atoms with Gasteiger partial charge in [0.2, 0.25) is 0 Å². The first kappa shape index (κ1) is 24.5. The Morgan fingerprint density at radius 2 is 1.74 bits per heavy atom. The van der Waals surface area contributed by atoms with Crippen LogP contribution in [0.4, 0.5) is 0 Å². The maximum Gasteiger partial charge on any atom is 0.289 e. The summed E-state index contributed by atoms with van der Waals surface area (Å²) in [6.07, 6.45) is 4.98. The molecule has 8 heteroatoms. The van der Waals surface area contributed by atoms with E-state index in [0.717, 1.165) is 65.3 Å². The van der Waals surface area contributed by atoms with Crippen LogP contribution in [0.1, 0.15) is 39.7 Å². The number of halogens is 1. The Balaban J connectivity index is 1.23. The number of rotatable bonds is 6. The molecule has 0 N–H and O–H groups in total. The Labute approximate surface area is 226 Å². The van der Waals surface area contributed by atoms with Crippen molar-refractivity contribution in [3.05, 3.63) is 105 Å². The molecule has 1 saturated heterocycles. The maximum atomic E-state index is 13.5. The second-order valence-corrected chi connectivity index (χ2v) is 10.3. The number of carbonyl (C=O) groups is 1. The highest BCUT2D eigenvalue weighted by atomic mass is 35.5. The van der Waals surface area contributed by atoms with Crippen LogP contribution < -0.4 is 0 Å². The number of carbonyl (C=O) groups excluding carboxylic acids is 1. The van der Waals surface area contributed by atoms with Crippen LogP contribution in [0.15, 0.2) is 82.7 Å². The van der Waals surface area contributed by atoms with Crippen LogP contribution in [-0.2, 0) is 13.0 Å². The first-order chi connectivity index (χ1) is 18.6. The lowest BCUT2D eigenvalue weighted by Crippen LogP contribution is -2.48. The number of piperazine rings is 1. The maximum absolute atomic E-state index is 13.5. The van der Waals surface area contributed by atoms with Gasteiger partial charge in [-0.1, -0.05) is 47.1 Å². The van der Waals surface area contributed by atoms with Crippen molar-refractivity contribution in [2.45, 2.75) is 25.4 Å². The van der Waals surface area contributed by atoms with Gasteiger partial charge in [0.1, 0.15) is 11.8 Å². The van der Waals surface area contributed by atoms with E-state index < -0.39 is 0 Å². The van der Waals surface area contributed by atoms with Crippen molar-refractivity contribution in [3.63, 3.8) is 0 Å². The summed E-state index contributed by atoms with van der Waals surface area (Å²) in [5.74, 6) is 0.857. The number of furan rings is 1. The third kappa shape index (κ3) is 4.87. The molecule has 1 amide bonds. The number of aromatic nitrogens is 1. The summed E-state index contributed by atoms with van der Waals surface area (Å²) in [7, 11) is 0. The van der Waals surface area contributed by atoms with Crippen LogP contribution >= 0.6 is 11.6 Å². The molecular weight excluding hydrogens is 500 g/mol. The standard InChI is InChI=1S/C30H27ClN4O3/c31-24-5-1-20(2-6-24)19-34-13-15-35(16-14-34)30(36)28-18-26(29(38-28)21-9-11-32-12-10-21)23-3-7-25-22(17-23)4-8-27(25)33-37/h1-3,5-7,9-12,17-18,27H,4,8,13-16,19H2. The van der Waals surface area contributed by atoms with Crippen LogP contribution in [-0.4, -0.2) is 46.9 Å². The average molecular weight is 527 g/mol. The summed E-state index contributed by atoms with van der Waals surface area (Å²) in [5.41, 5.74) is 5.99. The van der Waals surface area contributed by atoms with E-state index in [1.807, 2.05) is 59.5 Å². The number of hydrogen-bond donors (Lipinski definition) is 0. The zero-order valence-electron chi connectivity index (χ0n) is 20.8. The van der Waals surface area contributed by atoms with E-state index in [1.54, 1.807) is 12.4 Å². The molecule has 6 rings (SSSR count). The highest BCUT2D eigenvalue weighted by molar-refractivity contribution is 6.30. The zero-order valence-corrected chi connectivity index (χ0v) is 21.6. The van der Waals surface area contributed by atoms with E-state index in [-0.39, 0.29) is 11.9 Å². The molecule has 1 atom stereocenters. The predicted octanol–water partition coefficient (Wildman–Crippen LogP) is 6.37. The van der Waals surface area contributed by atoms with Gasteiger partial charge in [0.05, 0.1) is 0 Å². The largest absolute Gasteiger partial charge is 0.450 e. The summed E-state index contributed by atoms with van der Waals surface area (Å²) in [4.78, 5) is 33.1. The molecule has 192 valence electrons. The second kappa shape index (κ2) is 10.5. The third-order valence-corrected chi connectivity index (χ3v) is 7.74. The van der Waals surface area contributed by atoms with Crippen molar-refractivity contribution in [2.24, 2.45) is 5.18 Å². The Morgan fingerprint density at radius 3 is 2.47 bits per heavy atom. The summed E-state index contributed by atoms with van der Waals surface area (Å²) in [6, 6.07) is 19.3. The van der Waals surface area contributed by atoms with E-state index >= 15 is 0 Å². The van der Waals surface area contributed by atoms with Gasteiger partial charge in [-0.05, 0) is 65.4 Å². The van der Waals surface area contributed by atoms with Gasteiger partial charge in [0.15, 0.2) is 5.76 Å². The smallest absolute Gasteiger partial charge is 0.289 e. The minimum absolute atomic E-state index is 0.107. The minimum Gasteiger partial charge on any atom is -0.450 e. The Bertz CT molecular complexity index is 1460. The van der Waals surface area contributed by atoms with E-state index in [1.165, 1.54) is 5.56 Å². The fourth-order valence-electron chi connectivity index (χ4n) is 5.41. The molecule has 2 aliphatic rings. The molecule has 0 bridgehead atoms. The molecule has 7 nitrogen and oxygen atoms in total. The van der Waals surface area contributed by atoms with Crippen molar-refractivity contribution < 1.29 is 9.21 Å². The number of benzene rings is 2. The van der Waals surface area contributed by atoms with Crippen molar-refractivity contribution in [1.29, 1.82) is 0 Å². The fourth-order valence-corrected chi connectivity index (χ4v) is 5.54. The first-order valence-electron chi connectivity index (χ1n) is 12.8. The molecule has 0 spiro atoms. The molecule has 38 heavy (non-hydrogen) atoms. The van der Waals surface area contributed by atoms with Crippen molar-refractivity contribution in [2.75, 3.05) is 26.2 Å². The van der Waals surface area contributed by atoms with Crippen molar-refractivity contribution >= 4 is 17.5 Å². The van der Waals surface area contributed by atoms with Gasteiger partial charge >= 0.3 is 0 Å². The van der Waals surface area contributed by atoms with Crippen LogP contribution in [0, 0.1) is 4.91 Å². The summed E-state index contributed by atoms with van der Waals surface area (Å²) in [6.45, 7) is 3.67. The van der Waals surface area contributed by atoms with E-state index in [9.17, 15) is 9.70 Å². The second-order valence-electron chi connectivity index (χ2n) is 9.86. The summed E-state index contributed by atoms with van der Waals surface area (Å²) >= 11 is 6.01.